The number of nitro benzene ring substituents is 1. The van der Waals surface area contributed by atoms with Crippen molar-refractivity contribution in [1.29, 1.82) is 0 Å². The highest BCUT2D eigenvalue weighted by Gasteiger charge is 2.15. The van der Waals surface area contributed by atoms with E-state index in [0.29, 0.717) is 11.1 Å². The molecule has 0 atom stereocenters. The van der Waals surface area contributed by atoms with Crippen LogP contribution in [-0.2, 0) is 16.1 Å². The summed E-state index contributed by atoms with van der Waals surface area (Å²) < 4.78 is 10.8. The minimum atomic E-state index is -0.656. The van der Waals surface area contributed by atoms with E-state index in [1.54, 1.807) is 18.2 Å². The summed E-state index contributed by atoms with van der Waals surface area (Å²) in [6.45, 7) is -0.218. The Balaban J connectivity index is 1.58. The lowest BCUT2D eigenvalue weighted by Gasteiger charge is -2.04. The van der Waals surface area contributed by atoms with E-state index in [4.69, 9.17) is 9.15 Å². The van der Waals surface area contributed by atoms with Gasteiger partial charge in [-0.25, -0.2) is 4.79 Å². The normalized spacial score (nSPS) is 10.6. The topological polar surface area (TPSA) is 112 Å². The van der Waals surface area contributed by atoms with Crippen LogP contribution in [0.4, 0.5) is 5.69 Å². The van der Waals surface area contributed by atoms with Gasteiger partial charge in [-0.05, 0) is 24.3 Å². The second-order valence-electron chi connectivity index (χ2n) is 5.02. The van der Waals surface area contributed by atoms with Crippen LogP contribution in [0.2, 0.25) is 0 Å². The number of nitro groups is 1. The number of carbonyl (C=O) groups is 2. The molecular formula is C16H12N2O6S. The van der Waals surface area contributed by atoms with Crippen LogP contribution in [0.15, 0.2) is 47.1 Å². The molecule has 25 heavy (non-hydrogen) atoms. The molecule has 0 aliphatic carbocycles. The van der Waals surface area contributed by atoms with Gasteiger partial charge in [0.05, 0.1) is 17.7 Å². The molecule has 0 spiro atoms. The number of hydrogen-bond acceptors (Lipinski definition) is 7. The summed E-state index contributed by atoms with van der Waals surface area (Å²) >= 11 is 1.14. The molecule has 2 heterocycles. The summed E-state index contributed by atoms with van der Waals surface area (Å²) in [4.78, 5) is 34.2. The van der Waals surface area contributed by atoms with Crippen LogP contribution in [0.5, 0.6) is 0 Å². The molecule has 3 aromatic rings. The van der Waals surface area contributed by atoms with Gasteiger partial charge in [-0.1, -0.05) is 0 Å². The third-order valence-corrected chi connectivity index (χ3v) is 4.38. The van der Waals surface area contributed by atoms with Gasteiger partial charge in [-0.15, -0.1) is 11.3 Å². The molecule has 0 aliphatic heterocycles. The minimum Gasteiger partial charge on any atom is -0.467 e. The number of nitrogens with zero attached hydrogens (tertiary/aromatic N) is 1. The summed E-state index contributed by atoms with van der Waals surface area (Å²) in [5, 5.41) is 13.9. The zero-order chi connectivity index (χ0) is 17.8. The molecule has 2 aromatic heterocycles. The fourth-order valence-electron chi connectivity index (χ4n) is 2.10. The van der Waals surface area contributed by atoms with Crippen molar-refractivity contribution in [2.45, 2.75) is 6.54 Å². The first-order chi connectivity index (χ1) is 12.0. The Bertz CT molecular complexity index is 931. The van der Waals surface area contributed by atoms with Crippen molar-refractivity contribution in [3.05, 3.63) is 63.4 Å². The fourth-order valence-corrected chi connectivity index (χ4v) is 3.03. The Morgan fingerprint density at radius 1 is 1.28 bits per heavy atom. The molecule has 8 nitrogen and oxygen atoms in total. The number of fused-ring (bicyclic) bond motifs is 1. The van der Waals surface area contributed by atoms with Crippen LogP contribution in [0.25, 0.3) is 10.1 Å². The van der Waals surface area contributed by atoms with Crippen molar-refractivity contribution in [1.82, 2.24) is 5.32 Å². The van der Waals surface area contributed by atoms with Crippen molar-refractivity contribution in [3.8, 4) is 0 Å². The highest BCUT2D eigenvalue weighted by Crippen LogP contribution is 2.29. The highest BCUT2D eigenvalue weighted by atomic mass is 32.1. The van der Waals surface area contributed by atoms with Gasteiger partial charge in [0.25, 0.3) is 11.6 Å². The van der Waals surface area contributed by atoms with E-state index >= 15 is 0 Å². The fraction of sp³-hybridized carbons (Fsp3) is 0.125. The summed E-state index contributed by atoms with van der Waals surface area (Å²) in [7, 11) is 0. The number of thiophene rings is 1. The summed E-state index contributed by atoms with van der Waals surface area (Å²) in [6, 6.07) is 9.26. The van der Waals surface area contributed by atoms with Crippen LogP contribution in [0.3, 0.4) is 0 Å². The van der Waals surface area contributed by atoms with Crippen molar-refractivity contribution in [2.24, 2.45) is 0 Å². The molecule has 0 aliphatic rings. The van der Waals surface area contributed by atoms with E-state index in [1.807, 2.05) is 0 Å². The monoisotopic (exact) mass is 360 g/mol. The number of nitrogens with one attached hydrogen (secondary N) is 1. The number of esters is 1. The molecule has 0 saturated carbocycles. The van der Waals surface area contributed by atoms with Crippen LogP contribution in [-0.4, -0.2) is 23.4 Å². The number of furan rings is 1. The first-order valence-electron chi connectivity index (χ1n) is 7.17. The zero-order valence-electron chi connectivity index (χ0n) is 12.8. The van der Waals surface area contributed by atoms with Crippen LogP contribution < -0.4 is 5.32 Å². The van der Waals surface area contributed by atoms with Gasteiger partial charge in [0, 0.05) is 22.2 Å². The van der Waals surface area contributed by atoms with E-state index in [-0.39, 0.29) is 17.1 Å². The highest BCUT2D eigenvalue weighted by molar-refractivity contribution is 7.20. The van der Waals surface area contributed by atoms with E-state index < -0.39 is 23.4 Å². The van der Waals surface area contributed by atoms with E-state index in [2.05, 4.69) is 5.32 Å². The maximum atomic E-state index is 12.0. The number of carbonyl (C=O) groups excluding carboxylic acids is 2. The third-order valence-electron chi connectivity index (χ3n) is 3.29. The second kappa shape index (κ2) is 7.14. The molecule has 1 aromatic carbocycles. The average molecular weight is 360 g/mol. The van der Waals surface area contributed by atoms with Crippen molar-refractivity contribution in [3.63, 3.8) is 0 Å². The molecule has 0 saturated heterocycles. The Kier molecular flexibility index (Phi) is 4.75. The first kappa shape index (κ1) is 16.7. The van der Waals surface area contributed by atoms with Crippen molar-refractivity contribution in [2.75, 3.05) is 6.61 Å². The van der Waals surface area contributed by atoms with Crippen LogP contribution in [0, 0.1) is 10.1 Å². The maximum Gasteiger partial charge on any atom is 0.348 e. The standard InChI is InChI=1S/C16H12N2O6S/c19-15(17-8-12-2-1-5-23-12)9-24-16(20)14-7-10-6-11(18(21)22)3-4-13(10)25-14/h1-7H,8-9H2,(H,17,19). The van der Waals surface area contributed by atoms with Crippen molar-refractivity contribution < 1.29 is 23.7 Å². The number of rotatable bonds is 6. The van der Waals surface area contributed by atoms with Crippen LogP contribution in [0.1, 0.15) is 15.4 Å². The zero-order valence-corrected chi connectivity index (χ0v) is 13.6. The lowest BCUT2D eigenvalue weighted by molar-refractivity contribution is -0.384. The maximum absolute atomic E-state index is 12.0. The van der Waals surface area contributed by atoms with Crippen LogP contribution >= 0.6 is 11.3 Å². The molecule has 128 valence electrons. The number of non-ortho nitro benzene ring substituents is 1. The van der Waals surface area contributed by atoms with E-state index in [9.17, 15) is 19.7 Å². The van der Waals surface area contributed by atoms with Crippen molar-refractivity contribution >= 4 is 39.0 Å². The number of ether oxygens (including phenoxy) is 1. The smallest absolute Gasteiger partial charge is 0.348 e. The molecule has 3 rings (SSSR count). The third kappa shape index (κ3) is 4.01. The molecule has 9 heteroatoms. The molecule has 0 fully saturated rings. The number of benzene rings is 1. The lowest BCUT2D eigenvalue weighted by atomic mass is 10.2. The van der Waals surface area contributed by atoms with Gasteiger partial charge >= 0.3 is 5.97 Å². The predicted molar refractivity (Wildman–Crippen MR) is 89.3 cm³/mol. The van der Waals surface area contributed by atoms with Gasteiger partial charge in [0.1, 0.15) is 10.6 Å². The Hall–Kier alpha value is -3.20. The molecule has 1 amide bonds. The quantitative estimate of drug-likeness (QED) is 0.411. The Morgan fingerprint density at radius 2 is 2.12 bits per heavy atom. The van der Waals surface area contributed by atoms with E-state index in [1.165, 1.54) is 24.5 Å². The van der Waals surface area contributed by atoms with Gasteiger partial charge < -0.3 is 14.5 Å². The van der Waals surface area contributed by atoms with E-state index in [0.717, 1.165) is 16.0 Å². The number of amides is 1. The minimum absolute atomic E-state index is 0.0532. The Labute approximate surface area is 145 Å². The lowest BCUT2D eigenvalue weighted by Crippen LogP contribution is -2.28. The molecular weight excluding hydrogens is 348 g/mol. The average Bonchev–Trinajstić information content (AvgIpc) is 3.26. The summed E-state index contributed by atoms with van der Waals surface area (Å²) in [5.74, 6) is -0.524. The second-order valence-corrected chi connectivity index (χ2v) is 6.11. The molecule has 0 unspecified atom stereocenters. The summed E-state index contributed by atoms with van der Waals surface area (Å²) in [5.41, 5.74) is -0.0532. The Morgan fingerprint density at radius 3 is 2.84 bits per heavy atom. The number of hydrogen-bond donors (Lipinski definition) is 1. The first-order valence-corrected chi connectivity index (χ1v) is 7.99. The molecule has 0 radical (unpaired) electrons. The SMILES string of the molecule is O=C(COC(=O)c1cc2cc([N+](=O)[O-])ccc2s1)NCc1ccco1. The van der Waals surface area contributed by atoms with Gasteiger partial charge in [-0.2, -0.15) is 0 Å². The predicted octanol–water partition coefficient (Wildman–Crippen LogP) is 2.88. The largest absolute Gasteiger partial charge is 0.467 e. The van der Waals surface area contributed by atoms with Gasteiger partial charge in [0.15, 0.2) is 6.61 Å². The molecule has 1 N–H and O–H groups in total. The summed E-state index contributed by atoms with van der Waals surface area (Å²) in [6.07, 6.45) is 1.49. The van der Waals surface area contributed by atoms with Gasteiger partial charge in [0.2, 0.25) is 0 Å². The van der Waals surface area contributed by atoms with Gasteiger partial charge in [-0.3, -0.25) is 14.9 Å². The molecule has 0 bridgehead atoms.